The molecular weight excluding hydrogens is 90.9 g/mol. The molecule has 0 aromatic rings. The molecule has 1 saturated heterocycles. The molecule has 1 heterocycles. The second kappa shape index (κ2) is 1.23. The van der Waals surface area contributed by atoms with Crippen LogP contribution in [0.2, 0.25) is 5.82 Å². The highest BCUT2D eigenvalue weighted by atomic mass is 16.1. The zero-order valence-electron chi connectivity index (χ0n) is 3.79. The van der Waals surface area contributed by atoms with Gasteiger partial charge >= 0.3 is 0 Å². The predicted molar refractivity (Wildman–Crippen MR) is 26.7 cm³/mol. The third-order valence-electron chi connectivity index (χ3n) is 1.03. The van der Waals surface area contributed by atoms with Crippen molar-refractivity contribution >= 4 is 13.2 Å². The molecule has 1 aliphatic heterocycles. The fraction of sp³-hybridized carbons (Fsp3) is 0.667. The van der Waals surface area contributed by atoms with Crippen LogP contribution in [0, 0.1) is 0 Å². The van der Waals surface area contributed by atoms with Crippen LogP contribution in [0.25, 0.3) is 0 Å². The van der Waals surface area contributed by atoms with Crippen molar-refractivity contribution in [3.05, 3.63) is 0 Å². The molecule has 7 heavy (non-hydrogen) atoms. The highest BCUT2D eigenvalue weighted by Crippen LogP contribution is 2.22. The zero-order valence-corrected chi connectivity index (χ0v) is 3.79. The van der Waals surface area contributed by atoms with Crippen LogP contribution in [0.4, 0.5) is 0 Å². The fourth-order valence-corrected chi connectivity index (χ4v) is 0.460. The first-order valence-corrected chi connectivity index (χ1v) is 2.11. The quantitative estimate of drug-likeness (QED) is 0.381. The summed E-state index contributed by atoms with van der Waals surface area (Å²) >= 11 is 0. The molecule has 0 aromatic heterocycles. The minimum Gasteiger partial charge on any atom is -0.370 e. The maximum absolute atomic E-state index is 10.1. The number of carbonyl (C=O) groups excluding carboxylic acids is 1. The Morgan fingerprint density at radius 3 is 2.14 bits per heavy atom. The molecule has 0 spiro atoms. The van der Waals surface area contributed by atoms with E-state index in [2.05, 4.69) is 0 Å². The average Bonchev–Trinajstić information content (AvgIpc) is 2.17. The molecule has 2 atom stereocenters. The van der Waals surface area contributed by atoms with Crippen molar-refractivity contribution in [3.63, 3.8) is 0 Å². The molecular formula is C3H6BN2O. The Morgan fingerprint density at radius 2 is 2.14 bits per heavy atom. The number of nitrogens with two attached hydrogens (primary N) is 2. The van der Waals surface area contributed by atoms with Crippen LogP contribution in [-0.2, 0) is 4.79 Å². The molecule has 3 nitrogen and oxygen atoms in total. The number of hydrogen-bond acceptors (Lipinski definition) is 2. The van der Waals surface area contributed by atoms with Crippen LogP contribution in [0.1, 0.15) is 0 Å². The van der Waals surface area contributed by atoms with E-state index in [1.54, 1.807) is 7.28 Å². The Balaban J connectivity index is 2.33. The van der Waals surface area contributed by atoms with Crippen LogP contribution >= 0.6 is 0 Å². The molecule has 37 valence electrons. The van der Waals surface area contributed by atoms with Crippen LogP contribution in [-0.4, -0.2) is 19.1 Å². The SMILES string of the molecule is NC(=O)C1[B]C1N. The van der Waals surface area contributed by atoms with E-state index in [9.17, 15) is 4.79 Å². The summed E-state index contributed by atoms with van der Waals surface area (Å²) in [5, 5.41) is 0. The van der Waals surface area contributed by atoms with Gasteiger partial charge in [0, 0.05) is 5.82 Å². The maximum Gasteiger partial charge on any atom is 0.213 e. The summed E-state index contributed by atoms with van der Waals surface area (Å²) in [6.07, 6.45) is 0. The van der Waals surface area contributed by atoms with Gasteiger partial charge in [0.1, 0.15) is 7.28 Å². The van der Waals surface area contributed by atoms with Gasteiger partial charge in [-0.1, -0.05) is 0 Å². The van der Waals surface area contributed by atoms with Gasteiger partial charge in [-0.3, -0.25) is 4.79 Å². The first-order chi connectivity index (χ1) is 3.22. The monoisotopic (exact) mass is 97.1 g/mol. The Kier molecular flexibility index (Phi) is 0.818. The number of hydrogen-bond donors (Lipinski definition) is 2. The third kappa shape index (κ3) is 0.744. The van der Waals surface area contributed by atoms with Gasteiger partial charge in [0.05, 0.1) is 0 Å². The lowest BCUT2D eigenvalue weighted by Crippen LogP contribution is -2.14. The van der Waals surface area contributed by atoms with Crippen molar-refractivity contribution in [1.29, 1.82) is 0 Å². The van der Waals surface area contributed by atoms with Crippen molar-refractivity contribution in [2.45, 2.75) is 11.8 Å². The van der Waals surface area contributed by atoms with Crippen LogP contribution in [0.3, 0.4) is 0 Å². The minimum atomic E-state index is -0.312. The van der Waals surface area contributed by atoms with Crippen molar-refractivity contribution in [2.75, 3.05) is 0 Å². The Labute approximate surface area is 42.3 Å². The minimum absolute atomic E-state index is 0.0579. The highest BCUT2D eigenvalue weighted by Gasteiger charge is 2.39. The summed E-state index contributed by atoms with van der Waals surface area (Å²) in [7, 11) is 1.71. The number of carbonyl (C=O) groups is 1. The summed E-state index contributed by atoms with van der Waals surface area (Å²) in [6, 6.07) is 0. The predicted octanol–water partition coefficient (Wildman–Crippen LogP) is -1.74. The second-order valence-corrected chi connectivity index (χ2v) is 1.70. The van der Waals surface area contributed by atoms with Crippen LogP contribution in [0.15, 0.2) is 0 Å². The smallest absolute Gasteiger partial charge is 0.213 e. The van der Waals surface area contributed by atoms with E-state index < -0.39 is 0 Å². The molecule has 4 N–H and O–H groups in total. The molecule has 4 heteroatoms. The maximum atomic E-state index is 10.1. The van der Waals surface area contributed by atoms with Gasteiger partial charge in [-0.2, -0.15) is 0 Å². The number of rotatable bonds is 1. The van der Waals surface area contributed by atoms with Gasteiger partial charge in [-0.15, -0.1) is 0 Å². The second-order valence-electron chi connectivity index (χ2n) is 1.70. The van der Waals surface area contributed by atoms with E-state index in [-0.39, 0.29) is 17.7 Å². The van der Waals surface area contributed by atoms with Gasteiger partial charge in [0.25, 0.3) is 0 Å². The lowest BCUT2D eigenvalue weighted by Gasteiger charge is -1.83. The normalized spacial score (nSPS) is 36.7. The van der Waals surface area contributed by atoms with Crippen molar-refractivity contribution in [1.82, 2.24) is 0 Å². The van der Waals surface area contributed by atoms with Crippen molar-refractivity contribution in [3.8, 4) is 0 Å². The molecule has 2 unspecified atom stereocenters. The molecule has 1 amide bonds. The van der Waals surface area contributed by atoms with E-state index in [1.807, 2.05) is 0 Å². The standard InChI is InChI=1S/C3H6BN2O/c5-2-1(4-2)3(6)7/h1-2H,5H2,(H2,6,7). The van der Waals surface area contributed by atoms with E-state index in [0.717, 1.165) is 0 Å². The van der Waals surface area contributed by atoms with Gasteiger partial charge in [0.15, 0.2) is 0 Å². The zero-order chi connectivity index (χ0) is 5.44. The Morgan fingerprint density at radius 1 is 1.71 bits per heavy atom. The molecule has 0 bridgehead atoms. The first kappa shape index (κ1) is 4.65. The largest absolute Gasteiger partial charge is 0.370 e. The van der Waals surface area contributed by atoms with Gasteiger partial charge in [-0.25, -0.2) is 0 Å². The fourth-order valence-electron chi connectivity index (χ4n) is 0.460. The molecule has 1 radical (unpaired) electrons. The molecule has 1 fully saturated rings. The van der Waals surface area contributed by atoms with Gasteiger partial charge < -0.3 is 11.5 Å². The lowest BCUT2D eigenvalue weighted by atomic mass is 10.0. The van der Waals surface area contributed by atoms with E-state index in [1.165, 1.54) is 0 Å². The summed E-state index contributed by atoms with van der Waals surface area (Å²) < 4.78 is 0. The highest BCUT2D eigenvalue weighted by molar-refractivity contribution is 6.60. The summed E-state index contributed by atoms with van der Waals surface area (Å²) in [4.78, 5) is 10.1. The first-order valence-electron chi connectivity index (χ1n) is 2.11. The molecule has 0 aliphatic carbocycles. The van der Waals surface area contributed by atoms with Crippen LogP contribution in [0.5, 0.6) is 0 Å². The van der Waals surface area contributed by atoms with Crippen molar-refractivity contribution < 1.29 is 4.79 Å². The van der Waals surface area contributed by atoms with E-state index in [0.29, 0.717) is 0 Å². The summed E-state index contributed by atoms with van der Waals surface area (Å²) in [5.74, 6) is -0.509. The molecule has 0 aromatic carbocycles. The molecule has 1 rings (SSSR count). The molecule has 0 saturated carbocycles. The lowest BCUT2D eigenvalue weighted by molar-refractivity contribution is -0.117. The van der Waals surface area contributed by atoms with Crippen molar-refractivity contribution in [2.24, 2.45) is 11.5 Å². The topological polar surface area (TPSA) is 69.1 Å². The third-order valence-corrected chi connectivity index (χ3v) is 1.03. The average molecular weight is 96.9 g/mol. The summed E-state index contributed by atoms with van der Waals surface area (Å²) in [5.41, 5.74) is 10.0. The number of amides is 1. The van der Waals surface area contributed by atoms with E-state index in [4.69, 9.17) is 11.5 Å². The number of primary amides is 1. The van der Waals surface area contributed by atoms with Gasteiger partial charge in [0.2, 0.25) is 5.91 Å². The Bertz CT molecular complexity index is 105. The molecule has 1 aliphatic rings. The van der Waals surface area contributed by atoms with E-state index >= 15 is 0 Å². The van der Waals surface area contributed by atoms with Gasteiger partial charge in [-0.05, 0) is 5.94 Å². The summed E-state index contributed by atoms with van der Waals surface area (Å²) in [6.45, 7) is 0. The Hall–Kier alpha value is -0.505. The van der Waals surface area contributed by atoms with Crippen LogP contribution < -0.4 is 11.5 Å².